The molecule has 1 unspecified atom stereocenters. The number of likely N-dealkylation sites (N-methyl/N-ethyl adjacent to an activating group) is 1. The Hall–Kier alpha value is -3.50. The topological polar surface area (TPSA) is 118 Å². The number of nitrogens with two attached hydrogens (primary N) is 1. The third kappa shape index (κ3) is 4.44. The quantitative estimate of drug-likeness (QED) is 0.502. The standard InChI is InChI=1S/C27H35N7O3/c1-17-14-34-23(29-25(17)33-12-10-20(28)15-33)13-22(31-34)18(2)32(3)26(36)27(30-24(35)16-37-4)11-9-19-7-5-6-8-21(19)27/h5-8,13-14,18,20H,9-12,15-16,28H2,1-4H3,(H,30,35)/t18-,20-,27?/m0/s1. The minimum Gasteiger partial charge on any atom is -0.375 e. The highest BCUT2D eigenvalue weighted by Crippen LogP contribution is 2.39. The van der Waals surface area contributed by atoms with Crippen molar-refractivity contribution in [3.05, 3.63) is 58.9 Å². The van der Waals surface area contributed by atoms with E-state index in [4.69, 9.17) is 20.6 Å². The van der Waals surface area contributed by atoms with Gasteiger partial charge in [-0.2, -0.15) is 5.10 Å². The highest BCUT2D eigenvalue weighted by Gasteiger charge is 2.48. The molecule has 1 aromatic carbocycles. The molecule has 0 bridgehead atoms. The number of fused-ring (bicyclic) bond motifs is 2. The van der Waals surface area contributed by atoms with Crippen molar-refractivity contribution in [3.63, 3.8) is 0 Å². The number of amides is 2. The molecule has 3 N–H and O–H groups in total. The van der Waals surface area contributed by atoms with Crippen molar-refractivity contribution in [3.8, 4) is 0 Å². The number of methoxy groups -OCH3 is 1. The number of nitrogens with zero attached hydrogens (tertiary/aromatic N) is 5. The van der Waals surface area contributed by atoms with Crippen molar-refractivity contribution >= 4 is 23.3 Å². The van der Waals surface area contributed by atoms with E-state index in [0.717, 1.165) is 53.4 Å². The van der Waals surface area contributed by atoms with Crippen LogP contribution in [-0.4, -0.2) is 71.2 Å². The molecule has 37 heavy (non-hydrogen) atoms. The average molecular weight is 506 g/mol. The monoisotopic (exact) mass is 505 g/mol. The second kappa shape index (κ2) is 9.75. The molecule has 196 valence electrons. The summed E-state index contributed by atoms with van der Waals surface area (Å²) in [7, 11) is 3.23. The van der Waals surface area contributed by atoms with E-state index in [-0.39, 0.29) is 30.5 Å². The van der Waals surface area contributed by atoms with Crippen LogP contribution in [0.4, 0.5) is 5.82 Å². The molecular weight excluding hydrogens is 470 g/mol. The Bertz CT molecular complexity index is 1340. The van der Waals surface area contributed by atoms with Gasteiger partial charge in [-0.15, -0.1) is 0 Å². The Kier molecular flexibility index (Phi) is 6.63. The van der Waals surface area contributed by atoms with Crippen LogP contribution in [0.5, 0.6) is 0 Å². The van der Waals surface area contributed by atoms with Crippen molar-refractivity contribution < 1.29 is 14.3 Å². The molecule has 2 aromatic heterocycles. The molecule has 3 heterocycles. The molecule has 5 rings (SSSR count). The van der Waals surface area contributed by atoms with Gasteiger partial charge in [0.2, 0.25) is 5.91 Å². The minimum absolute atomic E-state index is 0.113. The molecule has 1 saturated heterocycles. The van der Waals surface area contributed by atoms with Crippen molar-refractivity contribution in [1.29, 1.82) is 0 Å². The Morgan fingerprint density at radius 3 is 2.86 bits per heavy atom. The lowest BCUT2D eigenvalue weighted by Gasteiger charge is -2.36. The molecule has 10 heteroatoms. The van der Waals surface area contributed by atoms with Crippen molar-refractivity contribution in [1.82, 2.24) is 24.8 Å². The first kappa shape index (κ1) is 25.2. The zero-order chi connectivity index (χ0) is 26.3. The van der Waals surface area contributed by atoms with E-state index in [1.54, 1.807) is 16.5 Å². The van der Waals surface area contributed by atoms with E-state index >= 15 is 0 Å². The van der Waals surface area contributed by atoms with Gasteiger partial charge in [0.05, 0.1) is 11.7 Å². The lowest BCUT2D eigenvalue weighted by atomic mass is 9.89. The number of nitrogens with one attached hydrogen (secondary N) is 1. The number of rotatable bonds is 7. The first-order chi connectivity index (χ1) is 17.7. The molecule has 0 saturated carbocycles. The number of aromatic nitrogens is 3. The van der Waals surface area contributed by atoms with Crippen LogP contribution in [0.2, 0.25) is 0 Å². The van der Waals surface area contributed by atoms with Gasteiger partial charge in [0.1, 0.15) is 18.0 Å². The lowest BCUT2D eigenvalue weighted by molar-refractivity contribution is -0.144. The van der Waals surface area contributed by atoms with Gasteiger partial charge >= 0.3 is 0 Å². The van der Waals surface area contributed by atoms with Crippen LogP contribution in [0.15, 0.2) is 36.5 Å². The van der Waals surface area contributed by atoms with E-state index in [9.17, 15) is 9.59 Å². The lowest BCUT2D eigenvalue weighted by Crippen LogP contribution is -2.56. The first-order valence-electron chi connectivity index (χ1n) is 12.8. The average Bonchev–Trinajstić information content (AvgIpc) is 3.59. The molecule has 10 nitrogen and oxygen atoms in total. The predicted molar refractivity (Wildman–Crippen MR) is 140 cm³/mol. The zero-order valence-electron chi connectivity index (χ0n) is 21.9. The largest absolute Gasteiger partial charge is 0.375 e. The second-order valence-electron chi connectivity index (χ2n) is 10.2. The summed E-state index contributed by atoms with van der Waals surface area (Å²) >= 11 is 0. The van der Waals surface area contributed by atoms with Gasteiger partial charge in [-0.3, -0.25) is 9.59 Å². The number of carbonyl (C=O) groups excluding carboxylic acids is 2. The maximum absolute atomic E-state index is 14.1. The van der Waals surface area contributed by atoms with Gasteiger partial charge < -0.3 is 25.6 Å². The molecule has 3 atom stereocenters. The smallest absolute Gasteiger partial charge is 0.253 e. The van der Waals surface area contributed by atoms with E-state index in [1.807, 2.05) is 50.4 Å². The van der Waals surface area contributed by atoms with Crippen LogP contribution in [0, 0.1) is 6.92 Å². The fourth-order valence-corrected chi connectivity index (χ4v) is 5.62. The zero-order valence-corrected chi connectivity index (χ0v) is 21.9. The molecule has 2 amide bonds. The molecule has 0 spiro atoms. The van der Waals surface area contributed by atoms with Gasteiger partial charge in [-0.25, -0.2) is 9.50 Å². The summed E-state index contributed by atoms with van der Waals surface area (Å²) < 4.78 is 6.80. The van der Waals surface area contributed by atoms with Crippen LogP contribution in [0.25, 0.3) is 5.65 Å². The van der Waals surface area contributed by atoms with Gasteiger partial charge in [-0.1, -0.05) is 24.3 Å². The molecule has 1 aliphatic heterocycles. The summed E-state index contributed by atoms with van der Waals surface area (Å²) in [6.07, 6.45) is 4.12. The van der Waals surface area contributed by atoms with E-state index in [2.05, 4.69) is 10.2 Å². The maximum atomic E-state index is 14.1. The number of ether oxygens (including phenoxy) is 1. The number of benzene rings is 1. The number of anilines is 1. The fraction of sp³-hybridized carbons (Fsp3) is 0.481. The minimum atomic E-state index is -1.15. The summed E-state index contributed by atoms with van der Waals surface area (Å²) in [6.45, 7) is 5.53. The Morgan fingerprint density at radius 2 is 2.14 bits per heavy atom. The van der Waals surface area contributed by atoms with Crippen molar-refractivity contribution in [2.75, 3.05) is 38.8 Å². The number of aryl methyl sites for hydroxylation is 2. The Labute approximate surface area is 216 Å². The summed E-state index contributed by atoms with van der Waals surface area (Å²) in [4.78, 5) is 35.5. The number of carbonyl (C=O) groups is 2. The van der Waals surface area contributed by atoms with E-state index in [0.29, 0.717) is 12.8 Å². The molecule has 3 aromatic rings. The van der Waals surface area contributed by atoms with Gasteiger partial charge in [0.15, 0.2) is 5.65 Å². The molecule has 1 fully saturated rings. The second-order valence-corrected chi connectivity index (χ2v) is 10.2. The van der Waals surface area contributed by atoms with Crippen LogP contribution in [0.3, 0.4) is 0 Å². The highest BCUT2D eigenvalue weighted by atomic mass is 16.5. The maximum Gasteiger partial charge on any atom is 0.253 e. The summed E-state index contributed by atoms with van der Waals surface area (Å²) in [5.41, 5.74) is 9.34. The highest BCUT2D eigenvalue weighted by molar-refractivity contribution is 5.94. The summed E-state index contributed by atoms with van der Waals surface area (Å²) in [5, 5.41) is 7.76. The third-order valence-electron chi connectivity index (χ3n) is 7.72. The van der Waals surface area contributed by atoms with E-state index < -0.39 is 5.54 Å². The number of hydrogen-bond acceptors (Lipinski definition) is 7. The van der Waals surface area contributed by atoms with Gasteiger partial charge in [-0.05, 0) is 44.2 Å². The summed E-state index contributed by atoms with van der Waals surface area (Å²) in [5.74, 6) is 0.420. The predicted octanol–water partition coefficient (Wildman–Crippen LogP) is 1.70. The normalized spacial score (nSPS) is 21.8. The molecule has 0 radical (unpaired) electrons. The molecule has 1 aliphatic carbocycles. The number of hydrogen-bond donors (Lipinski definition) is 2. The van der Waals surface area contributed by atoms with Gasteiger partial charge in [0.25, 0.3) is 5.91 Å². The fourth-order valence-electron chi connectivity index (χ4n) is 5.62. The van der Waals surface area contributed by atoms with Crippen LogP contribution < -0.4 is 16.0 Å². The Morgan fingerprint density at radius 1 is 1.35 bits per heavy atom. The first-order valence-corrected chi connectivity index (χ1v) is 12.8. The van der Waals surface area contributed by atoms with Crippen molar-refractivity contribution in [2.24, 2.45) is 5.73 Å². The van der Waals surface area contributed by atoms with E-state index in [1.165, 1.54) is 7.11 Å². The molecular formula is C27H35N7O3. The van der Waals surface area contributed by atoms with Crippen molar-refractivity contribution in [2.45, 2.75) is 50.7 Å². The van der Waals surface area contributed by atoms with Crippen LogP contribution in [0.1, 0.15) is 48.2 Å². The van der Waals surface area contributed by atoms with Gasteiger partial charge in [0, 0.05) is 51.1 Å². The van der Waals surface area contributed by atoms with Crippen LogP contribution in [-0.2, 0) is 26.3 Å². The third-order valence-corrected chi connectivity index (χ3v) is 7.72. The Balaban J connectivity index is 1.45. The SMILES string of the molecule is COCC(=O)NC1(C(=O)N(C)[C@@H](C)c2cc3nc(N4CC[C@H](N)C4)c(C)cn3n2)CCc2ccccc21. The van der Waals surface area contributed by atoms with Crippen LogP contribution >= 0.6 is 0 Å². The molecule has 2 aliphatic rings. The summed E-state index contributed by atoms with van der Waals surface area (Å²) in [6, 6.07) is 9.54.